The average Bonchev–Trinajstić information content (AvgIpc) is 2.97. The third-order valence-corrected chi connectivity index (χ3v) is 4.32. The second-order valence-electron chi connectivity index (χ2n) is 5.04. The van der Waals surface area contributed by atoms with Crippen molar-refractivity contribution in [1.29, 1.82) is 0 Å². The first kappa shape index (κ1) is 14.8. The van der Waals surface area contributed by atoms with Gasteiger partial charge >= 0.3 is 0 Å². The van der Waals surface area contributed by atoms with Crippen molar-refractivity contribution in [3.8, 4) is 5.69 Å². The number of hydrogen-bond donors (Lipinski definition) is 0. The van der Waals surface area contributed by atoms with Crippen molar-refractivity contribution < 1.29 is 0 Å². The van der Waals surface area contributed by atoms with Gasteiger partial charge in [0.15, 0.2) is 0 Å². The van der Waals surface area contributed by atoms with E-state index >= 15 is 0 Å². The summed E-state index contributed by atoms with van der Waals surface area (Å²) in [6, 6.07) is 6.27. The molecule has 0 saturated carbocycles. The number of halogens is 2. The Morgan fingerprint density at radius 2 is 2.14 bits per heavy atom. The van der Waals surface area contributed by atoms with Crippen LogP contribution in [-0.2, 0) is 13.5 Å². The van der Waals surface area contributed by atoms with Crippen LogP contribution in [0.4, 0.5) is 0 Å². The molecule has 1 atom stereocenters. The largest absolute Gasteiger partial charge is 0.292 e. The smallest absolute Gasteiger partial charge is 0.132 e. The third kappa shape index (κ3) is 2.57. The van der Waals surface area contributed by atoms with Gasteiger partial charge in [-0.1, -0.05) is 6.92 Å². The fourth-order valence-corrected chi connectivity index (χ4v) is 3.17. The lowest BCUT2D eigenvalue weighted by molar-refractivity contribution is 0.746. The Kier molecular flexibility index (Phi) is 3.96. The second kappa shape index (κ2) is 5.61. The molecule has 0 saturated heterocycles. The zero-order chi connectivity index (χ0) is 15.1. The molecule has 0 aliphatic rings. The van der Waals surface area contributed by atoms with Crippen LogP contribution in [0.3, 0.4) is 0 Å². The molecule has 0 bridgehead atoms. The number of hydrogen-bond acceptors (Lipinski definition) is 2. The zero-order valence-corrected chi connectivity index (χ0v) is 15.1. The van der Waals surface area contributed by atoms with Crippen molar-refractivity contribution in [3.05, 3.63) is 39.5 Å². The quantitative estimate of drug-likeness (QED) is 0.475. The standard InChI is InChI=1S/C15H16ClIN4/c1-4-11-14(8-20(3)19-11)21-13-6-5-10(17)7-12(13)18-15(21)9(2)16/h5-9H,4H2,1-3H3. The first-order chi connectivity index (χ1) is 10.0. The van der Waals surface area contributed by atoms with Crippen molar-refractivity contribution in [2.24, 2.45) is 7.05 Å². The Balaban J connectivity index is 2.36. The molecule has 2 heterocycles. The molecule has 0 aliphatic heterocycles. The minimum atomic E-state index is -0.167. The molecule has 0 aliphatic carbocycles. The van der Waals surface area contributed by atoms with Gasteiger partial charge in [0, 0.05) is 16.8 Å². The number of alkyl halides is 1. The van der Waals surface area contributed by atoms with Gasteiger partial charge in [-0.25, -0.2) is 4.98 Å². The first-order valence-electron chi connectivity index (χ1n) is 6.86. The maximum Gasteiger partial charge on any atom is 0.132 e. The van der Waals surface area contributed by atoms with Crippen LogP contribution in [0.5, 0.6) is 0 Å². The van der Waals surface area contributed by atoms with E-state index in [0.29, 0.717) is 0 Å². The topological polar surface area (TPSA) is 35.6 Å². The fraction of sp³-hybridized carbons (Fsp3) is 0.333. The molecule has 0 N–H and O–H groups in total. The zero-order valence-electron chi connectivity index (χ0n) is 12.1. The predicted molar refractivity (Wildman–Crippen MR) is 94.2 cm³/mol. The maximum absolute atomic E-state index is 6.36. The maximum atomic E-state index is 6.36. The van der Waals surface area contributed by atoms with Crippen LogP contribution in [-0.4, -0.2) is 19.3 Å². The molecule has 4 nitrogen and oxygen atoms in total. The van der Waals surface area contributed by atoms with Gasteiger partial charge in [0.05, 0.1) is 27.8 Å². The molecule has 1 unspecified atom stereocenters. The molecule has 21 heavy (non-hydrogen) atoms. The van der Waals surface area contributed by atoms with Crippen molar-refractivity contribution in [2.75, 3.05) is 0 Å². The van der Waals surface area contributed by atoms with Crippen molar-refractivity contribution >= 4 is 45.2 Å². The van der Waals surface area contributed by atoms with Crippen molar-refractivity contribution in [3.63, 3.8) is 0 Å². The summed E-state index contributed by atoms with van der Waals surface area (Å²) in [5.74, 6) is 0.858. The van der Waals surface area contributed by atoms with E-state index < -0.39 is 0 Å². The van der Waals surface area contributed by atoms with Gasteiger partial charge in [0.25, 0.3) is 0 Å². The molecular weight excluding hydrogens is 399 g/mol. The number of rotatable bonds is 3. The molecule has 0 amide bonds. The Bertz CT molecular complexity index is 803. The molecule has 0 radical (unpaired) electrons. The molecule has 2 aromatic heterocycles. The summed E-state index contributed by atoms with van der Waals surface area (Å²) in [4.78, 5) is 4.72. The van der Waals surface area contributed by atoms with Gasteiger partial charge in [-0.3, -0.25) is 9.25 Å². The van der Waals surface area contributed by atoms with Gasteiger partial charge in [-0.2, -0.15) is 5.10 Å². The minimum Gasteiger partial charge on any atom is -0.292 e. The lowest BCUT2D eigenvalue weighted by Gasteiger charge is -2.09. The van der Waals surface area contributed by atoms with Crippen LogP contribution in [0.25, 0.3) is 16.7 Å². The van der Waals surface area contributed by atoms with Crippen LogP contribution >= 0.6 is 34.2 Å². The SMILES string of the molecule is CCc1nn(C)cc1-n1c(C(C)Cl)nc2cc(I)ccc21. The highest BCUT2D eigenvalue weighted by molar-refractivity contribution is 14.1. The Morgan fingerprint density at radius 3 is 2.81 bits per heavy atom. The van der Waals surface area contributed by atoms with E-state index in [1.165, 1.54) is 3.57 Å². The van der Waals surface area contributed by atoms with E-state index in [9.17, 15) is 0 Å². The van der Waals surface area contributed by atoms with Gasteiger partial charge in [-0.15, -0.1) is 11.6 Å². The summed E-state index contributed by atoms with van der Waals surface area (Å²) in [6.45, 7) is 4.06. The number of imidazole rings is 1. The Labute approximate surface area is 142 Å². The minimum absolute atomic E-state index is 0.167. The monoisotopic (exact) mass is 414 g/mol. The molecule has 3 rings (SSSR count). The van der Waals surface area contributed by atoms with Crippen LogP contribution < -0.4 is 0 Å². The van der Waals surface area contributed by atoms with Crippen LogP contribution in [0.1, 0.15) is 30.7 Å². The van der Waals surface area contributed by atoms with Gasteiger partial charge in [-0.05, 0) is 54.1 Å². The highest BCUT2D eigenvalue weighted by atomic mass is 127. The molecule has 1 aromatic carbocycles. The van der Waals surface area contributed by atoms with E-state index in [1.54, 1.807) is 0 Å². The number of benzene rings is 1. The van der Waals surface area contributed by atoms with E-state index in [4.69, 9.17) is 16.6 Å². The van der Waals surface area contributed by atoms with E-state index in [-0.39, 0.29) is 5.38 Å². The Morgan fingerprint density at radius 1 is 1.38 bits per heavy atom. The molecule has 3 aromatic rings. The van der Waals surface area contributed by atoms with Crippen molar-refractivity contribution in [2.45, 2.75) is 25.6 Å². The van der Waals surface area contributed by atoms with E-state index in [2.05, 4.69) is 57.4 Å². The molecule has 0 fully saturated rings. The van der Waals surface area contributed by atoms with Crippen LogP contribution in [0.2, 0.25) is 0 Å². The highest BCUT2D eigenvalue weighted by Crippen LogP contribution is 2.30. The van der Waals surface area contributed by atoms with Gasteiger partial charge < -0.3 is 0 Å². The van der Waals surface area contributed by atoms with Crippen LogP contribution in [0.15, 0.2) is 24.4 Å². The summed E-state index contributed by atoms with van der Waals surface area (Å²) in [5, 5.41) is 4.37. The Hall–Kier alpha value is -1.08. The predicted octanol–water partition coefficient (Wildman–Crippen LogP) is 4.23. The molecule has 6 heteroatoms. The normalized spacial score (nSPS) is 13.0. The third-order valence-electron chi connectivity index (χ3n) is 3.46. The first-order valence-corrected chi connectivity index (χ1v) is 8.37. The average molecular weight is 415 g/mol. The number of fused-ring (bicyclic) bond motifs is 1. The number of nitrogens with zero attached hydrogens (tertiary/aromatic N) is 4. The summed E-state index contributed by atoms with van der Waals surface area (Å²) >= 11 is 8.66. The summed E-state index contributed by atoms with van der Waals surface area (Å²) in [5.41, 5.74) is 4.15. The van der Waals surface area contributed by atoms with Crippen LogP contribution in [0, 0.1) is 3.57 Å². The fourth-order valence-electron chi connectivity index (χ4n) is 2.55. The summed E-state index contributed by atoms with van der Waals surface area (Å²) in [6.07, 6.45) is 2.90. The molecule has 0 spiro atoms. The summed E-state index contributed by atoms with van der Waals surface area (Å²) in [7, 11) is 1.94. The highest BCUT2D eigenvalue weighted by Gasteiger charge is 2.19. The van der Waals surface area contributed by atoms with Crippen molar-refractivity contribution in [1.82, 2.24) is 19.3 Å². The molecule has 110 valence electrons. The lowest BCUT2D eigenvalue weighted by Crippen LogP contribution is -2.03. The molecular formula is C15H16ClIN4. The lowest BCUT2D eigenvalue weighted by atomic mass is 10.2. The summed E-state index contributed by atoms with van der Waals surface area (Å²) < 4.78 is 5.14. The van der Waals surface area contributed by atoms with E-state index in [1.807, 2.05) is 24.9 Å². The number of aryl methyl sites for hydroxylation is 2. The van der Waals surface area contributed by atoms with Gasteiger partial charge in [0.2, 0.25) is 0 Å². The van der Waals surface area contributed by atoms with E-state index in [0.717, 1.165) is 34.7 Å². The van der Waals surface area contributed by atoms with Gasteiger partial charge in [0.1, 0.15) is 5.82 Å². The number of aromatic nitrogens is 4. The second-order valence-corrected chi connectivity index (χ2v) is 6.94.